The summed E-state index contributed by atoms with van der Waals surface area (Å²) in [5.41, 5.74) is 3.77. The zero-order chi connectivity index (χ0) is 13.1. The molecule has 0 atom stereocenters. The number of H-pyrrole nitrogens is 1. The molecule has 19 heavy (non-hydrogen) atoms. The average Bonchev–Trinajstić information content (AvgIpc) is 2.46. The molecular weight excluding hydrogens is 254 g/mol. The molecule has 3 nitrogen and oxygen atoms in total. The maximum atomic E-state index is 5.39. The van der Waals surface area contributed by atoms with Gasteiger partial charge in [0.25, 0.3) is 0 Å². The van der Waals surface area contributed by atoms with Gasteiger partial charge in [0.05, 0.1) is 0 Å². The second kappa shape index (κ2) is 5.63. The van der Waals surface area contributed by atoms with Gasteiger partial charge in [-0.3, -0.25) is 0 Å². The highest BCUT2D eigenvalue weighted by Crippen LogP contribution is 2.13. The van der Waals surface area contributed by atoms with Crippen LogP contribution in [-0.2, 0) is 25.8 Å². The molecule has 0 fully saturated rings. The Bertz CT molecular complexity index is 619. The summed E-state index contributed by atoms with van der Waals surface area (Å²) in [5, 5.41) is 3.33. The number of benzene rings is 1. The Morgan fingerprint density at radius 3 is 2.84 bits per heavy atom. The molecule has 2 aromatic rings. The number of rotatable bonds is 3. The largest absolute Gasteiger partial charge is 0.347 e. The van der Waals surface area contributed by atoms with Gasteiger partial charge in [0, 0.05) is 37.2 Å². The second-order valence-electron chi connectivity index (χ2n) is 4.86. The van der Waals surface area contributed by atoms with E-state index in [1.807, 2.05) is 6.07 Å². The first-order valence-corrected chi connectivity index (χ1v) is 7.09. The Morgan fingerprint density at radius 1 is 1.16 bits per heavy atom. The van der Waals surface area contributed by atoms with Crippen molar-refractivity contribution >= 4 is 12.2 Å². The molecule has 0 aliphatic carbocycles. The third-order valence-corrected chi connectivity index (χ3v) is 3.84. The Labute approximate surface area is 118 Å². The number of nitrogens with one attached hydrogen (secondary N) is 2. The Balaban J connectivity index is 1.78. The third-order valence-electron chi connectivity index (χ3n) is 3.50. The lowest BCUT2D eigenvalue weighted by Crippen LogP contribution is -2.26. The van der Waals surface area contributed by atoms with E-state index in [-0.39, 0.29) is 0 Å². The highest BCUT2D eigenvalue weighted by molar-refractivity contribution is 7.71. The lowest BCUT2D eigenvalue weighted by molar-refractivity contribution is 0.616. The fourth-order valence-corrected chi connectivity index (χ4v) is 2.75. The van der Waals surface area contributed by atoms with Crippen LogP contribution in [-0.4, -0.2) is 16.5 Å². The summed E-state index contributed by atoms with van der Waals surface area (Å²) >= 11 is 5.39. The number of aromatic amines is 1. The van der Waals surface area contributed by atoms with Gasteiger partial charge >= 0.3 is 0 Å². The van der Waals surface area contributed by atoms with E-state index >= 15 is 0 Å². The topological polar surface area (TPSA) is 40.7 Å². The zero-order valence-electron chi connectivity index (χ0n) is 10.8. The predicted octanol–water partition coefficient (Wildman–Crippen LogP) is 2.57. The number of aromatic nitrogens is 2. The van der Waals surface area contributed by atoms with E-state index in [1.165, 1.54) is 16.8 Å². The molecule has 0 unspecified atom stereocenters. The van der Waals surface area contributed by atoms with Crippen molar-refractivity contribution in [1.82, 2.24) is 15.3 Å². The third kappa shape index (κ3) is 2.91. The summed E-state index contributed by atoms with van der Waals surface area (Å²) < 4.78 is 0.754. The number of hydrogen-bond acceptors (Lipinski definition) is 3. The Hall–Kier alpha value is -1.52. The smallest absolute Gasteiger partial charge is 0.134 e. The van der Waals surface area contributed by atoms with Gasteiger partial charge in [-0.25, -0.2) is 4.98 Å². The minimum Gasteiger partial charge on any atom is -0.347 e. The second-order valence-corrected chi connectivity index (χ2v) is 5.24. The van der Waals surface area contributed by atoms with Crippen LogP contribution in [0.15, 0.2) is 30.3 Å². The molecule has 0 bridgehead atoms. The molecule has 0 spiro atoms. The van der Waals surface area contributed by atoms with Crippen molar-refractivity contribution in [3.05, 3.63) is 57.6 Å². The van der Waals surface area contributed by atoms with Crippen molar-refractivity contribution in [2.24, 2.45) is 0 Å². The maximum Gasteiger partial charge on any atom is 0.134 e. The summed E-state index contributed by atoms with van der Waals surface area (Å²) in [6, 6.07) is 10.5. The fourth-order valence-electron chi connectivity index (χ4n) is 2.44. The van der Waals surface area contributed by atoms with Crippen LogP contribution >= 0.6 is 12.2 Å². The van der Waals surface area contributed by atoms with Gasteiger partial charge in [-0.05, 0) is 12.0 Å². The highest BCUT2D eigenvalue weighted by Gasteiger charge is 2.12. The summed E-state index contributed by atoms with van der Waals surface area (Å²) in [6.07, 6.45) is 2.92. The molecule has 0 saturated heterocycles. The molecule has 4 heteroatoms. The van der Waals surface area contributed by atoms with E-state index in [2.05, 4.69) is 39.6 Å². The predicted molar refractivity (Wildman–Crippen MR) is 78.7 cm³/mol. The van der Waals surface area contributed by atoms with E-state index in [0.717, 1.165) is 42.8 Å². The molecule has 0 radical (unpaired) electrons. The fraction of sp³-hybridized carbons (Fsp3) is 0.333. The monoisotopic (exact) mass is 271 g/mol. The average molecular weight is 271 g/mol. The lowest BCUT2D eigenvalue weighted by atomic mass is 10.1. The Morgan fingerprint density at radius 2 is 2.00 bits per heavy atom. The molecule has 1 aromatic heterocycles. The van der Waals surface area contributed by atoms with Crippen molar-refractivity contribution in [1.29, 1.82) is 0 Å². The van der Waals surface area contributed by atoms with Crippen molar-refractivity contribution in [2.45, 2.75) is 25.8 Å². The number of aryl methyl sites for hydroxylation is 2. The first-order chi connectivity index (χ1) is 9.33. The van der Waals surface area contributed by atoms with E-state index in [9.17, 15) is 0 Å². The standard InChI is InChI=1S/C15H17N3S/c19-15-12-10-16-9-8-13(12)17-14(18-15)7-6-11-4-2-1-3-5-11/h1-5,16H,6-10H2,(H,17,18,19). The quantitative estimate of drug-likeness (QED) is 0.843. The summed E-state index contributed by atoms with van der Waals surface area (Å²) in [5.74, 6) is 1.01. The lowest BCUT2D eigenvalue weighted by Gasteiger charge is -2.17. The normalized spacial score (nSPS) is 14.1. The van der Waals surface area contributed by atoms with E-state index in [4.69, 9.17) is 12.2 Å². The van der Waals surface area contributed by atoms with Crippen LogP contribution in [0.1, 0.15) is 22.6 Å². The Kier molecular flexibility index (Phi) is 3.71. The van der Waals surface area contributed by atoms with Gasteiger partial charge in [-0.2, -0.15) is 0 Å². The number of nitrogens with zero attached hydrogens (tertiary/aromatic N) is 1. The van der Waals surface area contributed by atoms with Crippen LogP contribution in [0.2, 0.25) is 0 Å². The maximum absolute atomic E-state index is 5.39. The van der Waals surface area contributed by atoms with Crippen molar-refractivity contribution in [3.8, 4) is 0 Å². The van der Waals surface area contributed by atoms with Crippen LogP contribution in [0.25, 0.3) is 0 Å². The number of fused-ring (bicyclic) bond motifs is 1. The van der Waals surface area contributed by atoms with Gasteiger partial charge in [-0.1, -0.05) is 42.5 Å². The molecule has 0 saturated carbocycles. The molecule has 0 amide bonds. The van der Waals surface area contributed by atoms with E-state index in [0.29, 0.717) is 0 Å². The zero-order valence-corrected chi connectivity index (χ0v) is 11.6. The molecular formula is C15H17N3S. The number of hydrogen-bond donors (Lipinski definition) is 2. The van der Waals surface area contributed by atoms with Crippen LogP contribution in [0.4, 0.5) is 0 Å². The molecule has 2 heterocycles. The van der Waals surface area contributed by atoms with Crippen LogP contribution in [0.5, 0.6) is 0 Å². The van der Waals surface area contributed by atoms with Crippen LogP contribution in [0, 0.1) is 4.64 Å². The molecule has 1 aromatic carbocycles. The van der Waals surface area contributed by atoms with Gasteiger partial charge in [0.1, 0.15) is 10.5 Å². The van der Waals surface area contributed by atoms with Crippen LogP contribution in [0.3, 0.4) is 0 Å². The first-order valence-electron chi connectivity index (χ1n) is 6.68. The molecule has 1 aliphatic heterocycles. The van der Waals surface area contributed by atoms with Crippen molar-refractivity contribution < 1.29 is 0 Å². The molecule has 2 N–H and O–H groups in total. The van der Waals surface area contributed by atoms with Crippen molar-refractivity contribution in [2.75, 3.05) is 6.54 Å². The molecule has 98 valence electrons. The first kappa shape index (κ1) is 12.5. The molecule has 1 aliphatic rings. The minimum atomic E-state index is 0.754. The van der Waals surface area contributed by atoms with E-state index in [1.54, 1.807) is 0 Å². The highest BCUT2D eigenvalue weighted by atomic mass is 32.1. The minimum absolute atomic E-state index is 0.754. The summed E-state index contributed by atoms with van der Waals surface area (Å²) in [4.78, 5) is 7.98. The van der Waals surface area contributed by atoms with Gasteiger partial charge in [-0.15, -0.1) is 0 Å². The summed E-state index contributed by atoms with van der Waals surface area (Å²) in [6.45, 7) is 1.86. The van der Waals surface area contributed by atoms with Gasteiger partial charge in [0.2, 0.25) is 0 Å². The van der Waals surface area contributed by atoms with Gasteiger partial charge in [0.15, 0.2) is 0 Å². The van der Waals surface area contributed by atoms with E-state index < -0.39 is 0 Å². The SMILES string of the molecule is S=c1nc(CCc2ccccc2)[nH]c2c1CNCC2. The molecule has 3 rings (SSSR count). The van der Waals surface area contributed by atoms with Crippen molar-refractivity contribution in [3.63, 3.8) is 0 Å². The van der Waals surface area contributed by atoms with Crippen LogP contribution < -0.4 is 5.32 Å². The summed E-state index contributed by atoms with van der Waals surface area (Å²) in [7, 11) is 0. The van der Waals surface area contributed by atoms with Gasteiger partial charge < -0.3 is 10.3 Å².